The van der Waals surface area contributed by atoms with Crippen molar-refractivity contribution < 1.29 is 4.79 Å². The van der Waals surface area contributed by atoms with Gasteiger partial charge in [-0.05, 0) is 64.6 Å². The first kappa shape index (κ1) is 22.9. The standard InChI is InChI=1S/C27H19IN8O/c28-21-15-29-9-7-22(21)35-27(37)24-11-17-1-2-18(12-23(17)34-24)26-30-10-8-25(36-26)33-20-5-3-16(4-6-20)19-13-31-32-14-19/h1-15,34H,(H,31,32)(H,29,35,37)(H,30,33,36). The second kappa shape index (κ2) is 9.82. The molecule has 0 aliphatic carbocycles. The first-order valence-electron chi connectivity index (χ1n) is 11.4. The number of anilines is 3. The van der Waals surface area contributed by atoms with Gasteiger partial charge in [0.2, 0.25) is 0 Å². The zero-order valence-corrected chi connectivity index (χ0v) is 21.4. The van der Waals surface area contributed by atoms with Gasteiger partial charge in [0.1, 0.15) is 11.5 Å². The van der Waals surface area contributed by atoms with Crippen LogP contribution in [0.5, 0.6) is 0 Å². The van der Waals surface area contributed by atoms with E-state index >= 15 is 0 Å². The third-order valence-electron chi connectivity index (χ3n) is 5.79. The van der Waals surface area contributed by atoms with E-state index in [1.165, 1.54) is 0 Å². The van der Waals surface area contributed by atoms with Crippen molar-refractivity contribution in [3.63, 3.8) is 0 Å². The van der Waals surface area contributed by atoms with E-state index in [0.717, 1.165) is 36.9 Å². The van der Waals surface area contributed by atoms with Gasteiger partial charge < -0.3 is 15.6 Å². The van der Waals surface area contributed by atoms with E-state index in [1.807, 2.05) is 60.8 Å². The quantitative estimate of drug-likeness (QED) is 0.174. The number of carbonyl (C=O) groups is 1. The molecule has 4 aromatic heterocycles. The fourth-order valence-corrected chi connectivity index (χ4v) is 4.40. The molecule has 4 N–H and O–H groups in total. The molecule has 0 saturated heterocycles. The Labute approximate surface area is 224 Å². The third kappa shape index (κ3) is 4.91. The predicted octanol–water partition coefficient (Wildman–Crippen LogP) is 6.01. The zero-order valence-electron chi connectivity index (χ0n) is 19.2. The fraction of sp³-hybridized carbons (Fsp3) is 0. The van der Waals surface area contributed by atoms with Crippen molar-refractivity contribution in [2.45, 2.75) is 0 Å². The van der Waals surface area contributed by atoms with Crippen LogP contribution in [0.3, 0.4) is 0 Å². The SMILES string of the molecule is O=C(Nc1ccncc1I)c1cc2ccc(-c3nccc(Nc4ccc(-c5cn[nH]c5)cc4)n3)cc2[nH]1. The van der Waals surface area contributed by atoms with E-state index < -0.39 is 0 Å². The lowest BCUT2D eigenvalue weighted by molar-refractivity contribution is 0.102. The number of hydrogen-bond donors (Lipinski definition) is 4. The Hall–Kier alpha value is -4.58. The summed E-state index contributed by atoms with van der Waals surface area (Å²) in [7, 11) is 0. The molecule has 6 rings (SSSR count). The van der Waals surface area contributed by atoms with Crippen LogP contribution in [0.4, 0.5) is 17.2 Å². The maximum atomic E-state index is 12.8. The Kier molecular flexibility index (Phi) is 6.06. The smallest absolute Gasteiger partial charge is 0.272 e. The Bertz CT molecular complexity index is 1710. The summed E-state index contributed by atoms with van der Waals surface area (Å²) in [6.07, 6.45) is 8.72. The number of aromatic amines is 2. The van der Waals surface area contributed by atoms with Gasteiger partial charge in [0.25, 0.3) is 5.91 Å². The van der Waals surface area contributed by atoms with E-state index in [0.29, 0.717) is 23.0 Å². The number of fused-ring (bicyclic) bond motifs is 1. The lowest BCUT2D eigenvalue weighted by Gasteiger charge is -2.08. The highest BCUT2D eigenvalue weighted by Crippen LogP contribution is 2.26. The molecule has 180 valence electrons. The largest absolute Gasteiger partial charge is 0.350 e. The van der Waals surface area contributed by atoms with Crippen LogP contribution in [-0.2, 0) is 0 Å². The molecule has 1 amide bonds. The lowest BCUT2D eigenvalue weighted by Crippen LogP contribution is -2.13. The summed E-state index contributed by atoms with van der Waals surface area (Å²) >= 11 is 2.14. The zero-order chi connectivity index (χ0) is 25.2. The van der Waals surface area contributed by atoms with Crippen LogP contribution in [0.15, 0.2) is 91.6 Å². The number of hydrogen-bond acceptors (Lipinski definition) is 6. The Morgan fingerprint density at radius 2 is 1.76 bits per heavy atom. The van der Waals surface area contributed by atoms with Gasteiger partial charge in [-0.15, -0.1) is 0 Å². The van der Waals surface area contributed by atoms with Crippen molar-refractivity contribution in [3.8, 4) is 22.5 Å². The van der Waals surface area contributed by atoms with E-state index in [2.05, 4.69) is 63.4 Å². The van der Waals surface area contributed by atoms with Gasteiger partial charge in [0.15, 0.2) is 5.82 Å². The van der Waals surface area contributed by atoms with Crippen LogP contribution < -0.4 is 10.6 Å². The molecule has 0 aliphatic heterocycles. The number of H-pyrrole nitrogens is 2. The minimum absolute atomic E-state index is 0.219. The number of rotatable bonds is 6. The molecule has 0 spiro atoms. The highest BCUT2D eigenvalue weighted by molar-refractivity contribution is 14.1. The number of nitrogens with one attached hydrogen (secondary N) is 4. The molecule has 10 heteroatoms. The van der Waals surface area contributed by atoms with Crippen molar-refractivity contribution in [3.05, 3.63) is 101 Å². The molecular weight excluding hydrogens is 579 g/mol. The van der Waals surface area contributed by atoms with Gasteiger partial charge in [-0.2, -0.15) is 5.10 Å². The summed E-state index contributed by atoms with van der Waals surface area (Å²) in [5.74, 6) is 1.04. The Morgan fingerprint density at radius 1 is 0.892 bits per heavy atom. The van der Waals surface area contributed by atoms with E-state index in [-0.39, 0.29) is 5.91 Å². The average molecular weight is 598 g/mol. The van der Waals surface area contributed by atoms with Gasteiger partial charge in [0.05, 0.1) is 15.5 Å². The summed E-state index contributed by atoms with van der Waals surface area (Å²) in [6, 6.07) is 19.3. The maximum absolute atomic E-state index is 12.8. The monoisotopic (exact) mass is 598 g/mol. The number of amides is 1. The second-order valence-electron chi connectivity index (χ2n) is 8.25. The van der Waals surface area contributed by atoms with Crippen LogP contribution in [0.25, 0.3) is 33.4 Å². The molecular formula is C27H19IN8O. The van der Waals surface area contributed by atoms with Crippen LogP contribution in [-0.4, -0.2) is 36.0 Å². The van der Waals surface area contributed by atoms with Gasteiger partial charge in [-0.1, -0.05) is 24.3 Å². The van der Waals surface area contributed by atoms with Crippen molar-refractivity contribution in [1.82, 2.24) is 30.1 Å². The average Bonchev–Trinajstić information content (AvgIpc) is 3.61. The van der Waals surface area contributed by atoms with Gasteiger partial charge in [-0.3, -0.25) is 14.9 Å². The predicted molar refractivity (Wildman–Crippen MR) is 152 cm³/mol. The molecule has 0 fully saturated rings. The minimum Gasteiger partial charge on any atom is -0.350 e. The number of aromatic nitrogens is 6. The van der Waals surface area contributed by atoms with E-state index in [1.54, 1.807) is 30.9 Å². The molecule has 0 atom stereocenters. The summed E-state index contributed by atoms with van der Waals surface area (Å²) in [5, 5.41) is 14.0. The fourth-order valence-electron chi connectivity index (χ4n) is 3.92. The highest BCUT2D eigenvalue weighted by Gasteiger charge is 2.13. The van der Waals surface area contributed by atoms with Gasteiger partial charge in [-0.25, -0.2) is 9.97 Å². The number of nitrogens with zero attached hydrogens (tertiary/aromatic N) is 4. The molecule has 37 heavy (non-hydrogen) atoms. The van der Waals surface area contributed by atoms with E-state index in [9.17, 15) is 4.79 Å². The molecule has 0 unspecified atom stereocenters. The second-order valence-corrected chi connectivity index (χ2v) is 9.41. The van der Waals surface area contributed by atoms with Crippen LogP contribution >= 0.6 is 22.6 Å². The van der Waals surface area contributed by atoms with Crippen molar-refractivity contribution in [1.29, 1.82) is 0 Å². The molecule has 0 bridgehead atoms. The number of pyridine rings is 1. The lowest BCUT2D eigenvalue weighted by atomic mass is 10.1. The van der Waals surface area contributed by atoms with Crippen molar-refractivity contribution in [2.24, 2.45) is 0 Å². The number of carbonyl (C=O) groups excluding carboxylic acids is 1. The van der Waals surface area contributed by atoms with Gasteiger partial charge in [0, 0.05) is 52.5 Å². The van der Waals surface area contributed by atoms with E-state index in [4.69, 9.17) is 0 Å². The normalized spacial score (nSPS) is 10.9. The topological polar surface area (TPSA) is 124 Å². The number of halogens is 1. The Balaban J connectivity index is 1.21. The van der Waals surface area contributed by atoms with Crippen LogP contribution in [0, 0.1) is 3.57 Å². The molecule has 0 radical (unpaired) electrons. The highest BCUT2D eigenvalue weighted by atomic mass is 127. The first-order chi connectivity index (χ1) is 18.1. The summed E-state index contributed by atoms with van der Waals surface area (Å²) in [4.78, 5) is 29.2. The van der Waals surface area contributed by atoms with Crippen LogP contribution in [0.1, 0.15) is 10.5 Å². The molecule has 9 nitrogen and oxygen atoms in total. The summed E-state index contributed by atoms with van der Waals surface area (Å²) < 4.78 is 0.867. The minimum atomic E-state index is -0.219. The third-order valence-corrected chi connectivity index (χ3v) is 6.65. The first-order valence-corrected chi connectivity index (χ1v) is 12.4. The molecule has 2 aromatic carbocycles. The molecule has 4 heterocycles. The van der Waals surface area contributed by atoms with Crippen LogP contribution in [0.2, 0.25) is 0 Å². The summed E-state index contributed by atoms with van der Waals surface area (Å²) in [6.45, 7) is 0. The molecule has 0 saturated carbocycles. The molecule has 0 aliphatic rings. The van der Waals surface area contributed by atoms with Crippen molar-refractivity contribution in [2.75, 3.05) is 10.6 Å². The van der Waals surface area contributed by atoms with Gasteiger partial charge >= 0.3 is 0 Å². The van der Waals surface area contributed by atoms with Crippen molar-refractivity contribution >= 4 is 56.6 Å². The number of benzene rings is 2. The Morgan fingerprint density at radius 3 is 2.57 bits per heavy atom. The maximum Gasteiger partial charge on any atom is 0.272 e. The summed E-state index contributed by atoms with van der Waals surface area (Å²) in [5.41, 5.74) is 5.86. The molecule has 6 aromatic rings.